The molecule has 1 N–H and O–H groups in total. The summed E-state index contributed by atoms with van der Waals surface area (Å²) in [6.45, 7) is 21.1. The molecule has 4 atom stereocenters. The summed E-state index contributed by atoms with van der Waals surface area (Å²) in [6.07, 6.45) is 14.1. The van der Waals surface area contributed by atoms with E-state index in [1.54, 1.807) is 13.0 Å². The van der Waals surface area contributed by atoms with Crippen molar-refractivity contribution in [1.82, 2.24) is 5.32 Å². The van der Waals surface area contributed by atoms with Crippen molar-refractivity contribution in [2.24, 2.45) is 23.7 Å². The Kier molecular flexibility index (Phi) is 24.5. The molecule has 1 saturated heterocycles. The quantitative estimate of drug-likeness (QED) is 0.199. The fraction of sp³-hybridized carbons (Fsp3) is 0.600. The van der Waals surface area contributed by atoms with Gasteiger partial charge in [-0.05, 0) is 74.6 Å². The summed E-state index contributed by atoms with van der Waals surface area (Å²) in [5.74, 6) is 1.89. The van der Waals surface area contributed by atoms with Crippen LogP contribution < -0.4 is 5.32 Å². The predicted molar refractivity (Wildman–Crippen MR) is 170 cm³/mol. The van der Waals surface area contributed by atoms with Crippen LogP contribution in [0.3, 0.4) is 0 Å². The lowest BCUT2D eigenvalue weighted by atomic mass is 9.88. The molecular formula is C35H56N2O3. The van der Waals surface area contributed by atoms with Crippen molar-refractivity contribution in [2.45, 2.75) is 106 Å². The Morgan fingerprint density at radius 2 is 1.62 bits per heavy atom. The van der Waals surface area contributed by atoms with Gasteiger partial charge in [-0.2, -0.15) is 5.26 Å². The van der Waals surface area contributed by atoms with E-state index in [4.69, 9.17) is 5.26 Å². The third-order valence-electron chi connectivity index (χ3n) is 7.42. The van der Waals surface area contributed by atoms with Gasteiger partial charge in [-0.15, -0.1) is 13.2 Å². The number of hydrogen-bond donors (Lipinski definition) is 1. The first kappa shape index (κ1) is 39.1. The number of nitriles is 1. The van der Waals surface area contributed by atoms with Gasteiger partial charge in [-0.1, -0.05) is 84.1 Å². The Morgan fingerprint density at radius 1 is 1.07 bits per heavy atom. The Labute approximate surface area is 245 Å². The minimum Gasteiger partial charge on any atom is -0.356 e. The van der Waals surface area contributed by atoms with Crippen LogP contribution >= 0.6 is 0 Å². The first-order valence-electron chi connectivity index (χ1n) is 15.1. The van der Waals surface area contributed by atoms with Gasteiger partial charge >= 0.3 is 0 Å². The molecule has 1 aliphatic carbocycles. The van der Waals surface area contributed by atoms with Gasteiger partial charge in [0.05, 0.1) is 12.0 Å². The Morgan fingerprint density at radius 3 is 2.05 bits per heavy atom. The van der Waals surface area contributed by atoms with Gasteiger partial charge in [0, 0.05) is 18.9 Å². The van der Waals surface area contributed by atoms with E-state index in [1.807, 2.05) is 52.0 Å². The number of piperidine rings is 1. The summed E-state index contributed by atoms with van der Waals surface area (Å²) in [5.41, 5.74) is 3.56. The molecule has 4 unspecified atom stereocenters. The number of aldehydes is 1. The van der Waals surface area contributed by atoms with E-state index in [2.05, 4.69) is 38.4 Å². The molecule has 0 radical (unpaired) electrons. The van der Waals surface area contributed by atoms with Crippen molar-refractivity contribution in [1.29, 1.82) is 5.26 Å². The van der Waals surface area contributed by atoms with Crippen molar-refractivity contribution < 1.29 is 14.4 Å². The zero-order valence-corrected chi connectivity index (χ0v) is 26.4. The van der Waals surface area contributed by atoms with Crippen molar-refractivity contribution >= 4 is 24.1 Å². The average Bonchev–Trinajstić information content (AvgIpc) is 3.44. The summed E-state index contributed by atoms with van der Waals surface area (Å²) < 4.78 is 0. The Balaban J connectivity index is 0. The van der Waals surface area contributed by atoms with E-state index in [1.165, 1.54) is 43.2 Å². The second kappa shape index (κ2) is 25.0. The number of carbonyl (C=O) groups is 3. The molecule has 5 nitrogen and oxygen atoms in total. The second-order valence-corrected chi connectivity index (χ2v) is 10.1. The first-order chi connectivity index (χ1) is 19.3. The highest BCUT2D eigenvalue weighted by Gasteiger charge is 2.25. The molecule has 0 aromatic heterocycles. The molecule has 1 aromatic carbocycles. The lowest BCUT2D eigenvalue weighted by Crippen LogP contribution is -2.37. The second-order valence-electron chi connectivity index (χ2n) is 10.1. The lowest BCUT2D eigenvalue weighted by molar-refractivity contribution is -0.127. The van der Waals surface area contributed by atoms with E-state index in [-0.39, 0.29) is 29.9 Å². The van der Waals surface area contributed by atoms with Crippen LogP contribution in [-0.2, 0) is 14.4 Å². The predicted octanol–water partition coefficient (Wildman–Crippen LogP) is 8.59. The van der Waals surface area contributed by atoms with Gasteiger partial charge in [0.15, 0.2) is 5.78 Å². The van der Waals surface area contributed by atoms with Crippen molar-refractivity contribution in [3.8, 4) is 6.07 Å². The van der Waals surface area contributed by atoms with Gasteiger partial charge in [-0.3, -0.25) is 9.59 Å². The minimum absolute atomic E-state index is 0.0300. The van der Waals surface area contributed by atoms with E-state index in [0.29, 0.717) is 6.42 Å². The Bertz CT molecular complexity index is 885. The minimum atomic E-state index is -0.304. The lowest BCUT2D eigenvalue weighted by Gasteiger charge is -2.22. The van der Waals surface area contributed by atoms with Crippen LogP contribution in [0, 0.1) is 48.9 Å². The smallest absolute Gasteiger partial charge is 0.223 e. The molecule has 224 valence electrons. The molecule has 1 aliphatic heterocycles. The molecular weight excluding hydrogens is 496 g/mol. The zero-order chi connectivity index (χ0) is 30.9. The SMILES string of the molecule is C=C.CC.CC(=O)/C=C/c1c(C)cccc1C.CCC1CCCC1CC.N#CC(CC=O)CC1CCCNC1=O. The number of nitrogens with one attached hydrogen (secondary N) is 1. The fourth-order valence-corrected chi connectivity index (χ4v) is 5.20. The molecule has 40 heavy (non-hydrogen) atoms. The highest BCUT2D eigenvalue weighted by molar-refractivity contribution is 5.91. The number of rotatable bonds is 8. The largest absolute Gasteiger partial charge is 0.356 e. The molecule has 1 amide bonds. The van der Waals surface area contributed by atoms with Crippen LogP contribution in [0.5, 0.6) is 0 Å². The summed E-state index contributed by atoms with van der Waals surface area (Å²) >= 11 is 0. The number of nitrogens with zero attached hydrogens (tertiary/aromatic N) is 1. The van der Waals surface area contributed by atoms with E-state index in [9.17, 15) is 14.4 Å². The molecule has 5 heteroatoms. The summed E-state index contributed by atoms with van der Waals surface area (Å²) in [5, 5.41) is 11.5. The maximum atomic E-state index is 11.3. The highest BCUT2D eigenvalue weighted by Crippen LogP contribution is 2.35. The standard InChI is InChI=1S/C12H14O.C10H14N2O2.C9H18.C2H6.C2H4/c1-9-5-4-6-10(2)12(9)8-7-11(3)13;11-7-8(3-5-13)6-9-2-1-4-12-10(9)14;1-3-8-6-5-7-9(8)4-2;2*1-2/h4-8H,1-3H3;5,8-9H,1-4,6H2,(H,12,14);8-9H,3-7H2,1-2H3;1-2H3;1-2H2/b8-7+;;;;. The number of ketones is 1. The van der Waals surface area contributed by atoms with Crippen molar-refractivity contribution in [3.05, 3.63) is 54.1 Å². The third-order valence-corrected chi connectivity index (χ3v) is 7.42. The monoisotopic (exact) mass is 552 g/mol. The number of hydrogen-bond acceptors (Lipinski definition) is 4. The molecule has 3 rings (SSSR count). The van der Waals surface area contributed by atoms with Crippen LogP contribution in [0.25, 0.3) is 6.08 Å². The first-order valence-corrected chi connectivity index (χ1v) is 15.1. The van der Waals surface area contributed by atoms with Gasteiger partial charge in [0.1, 0.15) is 6.29 Å². The number of allylic oxidation sites excluding steroid dienone is 1. The van der Waals surface area contributed by atoms with Crippen LogP contribution in [-0.4, -0.2) is 24.5 Å². The molecule has 1 heterocycles. The third kappa shape index (κ3) is 16.2. The highest BCUT2D eigenvalue weighted by atomic mass is 16.2. The number of aryl methyl sites for hydroxylation is 2. The van der Waals surface area contributed by atoms with Crippen LogP contribution in [0.15, 0.2) is 37.4 Å². The topological polar surface area (TPSA) is 87.0 Å². The van der Waals surface area contributed by atoms with E-state index >= 15 is 0 Å². The fourth-order valence-electron chi connectivity index (χ4n) is 5.20. The summed E-state index contributed by atoms with van der Waals surface area (Å²) in [7, 11) is 0. The van der Waals surface area contributed by atoms with Gasteiger partial charge in [-0.25, -0.2) is 0 Å². The molecule has 0 bridgehead atoms. The van der Waals surface area contributed by atoms with Crippen LogP contribution in [0.2, 0.25) is 0 Å². The molecule has 2 fully saturated rings. The molecule has 0 spiro atoms. The van der Waals surface area contributed by atoms with Crippen LogP contribution in [0.4, 0.5) is 0 Å². The molecule has 1 saturated carbocycles. The number of benzene rings is 1. The normalized spacial score (nSPS) is 19.9. The molecule has 2 aliphatic rings. The summed E-state index contributed by atoms with van der Waals surface area (Å²) in [6, 6.07) is 8.18. The van der Waals surface area contributed by atoms with E-state index in [0.717, 1.165) is 43.1 Å². The summed E-state index contributed by atoms with van der Waals surface area (Å²) in [4.78, 5) is 32.3. The average molecular weight is 553 g/mol. The van der Waals surface area contributed by atoms with Gasteiger partial charge in [0.25, 0.3) is 0 Å². The van der Waals surface area contributed by atoms with Crippen molar-refractivity contribution in [3.63, 3.8) is 0 Å². The number of amides is 1. The van der Waals surface area contributed by atoms with Gasteiger partial charge in [0.2, 0.25) is 5.91 Å². The Hall–Kier alpha value is -3.00. The maximum Gasteiger partial charge on any atom is 0.223 e. The van der Waals surface area contributed by atoms with Crippen molar-refractivity contribution in [2.75, 3.05) is 6.54 Å². The van der Waals surface area contributed by atoms with Crippen LogP contribution in [0.1, 0.15) is 109 Å². The van der Waals surface area contributed by atoms with Gasteiger partial charge < -0.3 is 10.1 Å². The molecule has 1 aromatic rings. The zero-order valence-electron chi connectivity index (χ0n) is 26.4. The van der Waals surface area contributed by atoms with E-state index < -0.39 is 0 Å². The maximum absolute atomic E-state index is 11.3. The number of carbonyl (C=O) groups excluding carboxylic acids is 3.